The monoisotopic (exact) mass is 369 g/mol. The summed E-state index contributed by atoms with van der Waals surface area (Å²) in [6.45, 7) is 1.94. The van der Waals surface area contributed by atoms with E-state index in [0.29, 0.717) is 11.1 Å². The van der Waals surface area contributed by atoms with Crippen LogP contribution in [0.15, 0.2) is 48.5 Å². The number of hydrogen-bond donors (Lipinski definition) is 3. The number of nitrogens with zero attached hydrogens (tertiary/aromatic N) is 1. The number of carbonyl (C=O) groups excluding carboxylic acids is 1. The third-order valence-electron chi connectivity index (χ3n) is 5.31. The van der Waals surface area contributed by atoms with Gasteiger partial charge in [0, 0.05) is 18.7 Å². The molecule has 1 aliphatic rings. The minimum Gasteiger partial charge on any atom is -0.508 e. The molecule has 3 N–H and O–H groups in total. The van der Waals surface area contributed by atoms with Gasteiger partial charge in [-0.15, -0.1) is 0 Å². The SMILES string of the molecule is Cc1ccc(O)cc1C(=O)N1CC[C@@H](O)[C@](Cc2ccccc2)(C(=O)O)C1. The molecule has 2 aromatic rings. The average molecular weight is 369 g/mol. The van der Waals surface area contributed by atoms with Gasteiger partial charge in [0.1, 0.15) is 11.2 Å². The van der Waals surface area contributed by atoms with Gasteiger partial charge < -0.3 is 20.2 Å². The van der Waals surface area contributed by atoms with Crippen molar-refractivity contribution in [1.29, 1.82) is 0 Å². The number of piperidine rings is 1. The molecule has 1 fully saturated rings. The number of rotatable bonds is 4. The highest BCUT2D eigenvalue weighted by molar-refractivity contribution is 5.96. The van der Waals surface area contributed by atoms with Crippen LogP contribution in [0.5, 0.6) is 5.75 Å². The Labute approximate surface area is 157 Å². The molecule has 142 valence electrons. The summed E-state index contributed by atoms with van der Waals surface area (Å²) < 4.78 is 0. The first-order valence-electron chi connectivity index (χ1n) is 8.88. The van der Waals surface area contributed by atoms with Crippen LogP contribution in [-0.4, -0.2) is 51.3 Å². The van der Waals surface area contributed by atoms with Gasteiger partial charge in [-0.3, -0.25) is 9.59 Å². The van der Waals surface area contributed by atoms with Crippen molar-refractivity contribution in [3.8, 4) is 5.75 Å². The molecule has 0 aromatic heterocycles. The number of likely N-dealkylation sites (tertiary alicyclic amines) is 1. The molecule has 1 heterocycles. The lowest BCUT2D eigenvalue weighted by Crippen LogP contribution is -2.58. The van der Waals surface area contributed by atoms with E-state index in [0.717, 1.165) is 5.56 Å². The zero-order valence-electron chi connectivity index (χ0n) is 15.1. The van der Waals surface area contributed by atoms with Crippen LogP contribution in [0.3, 0.4) is 0 Å². The van der Waals surface area contributed by atoms with E-state index in [1.54, 1.807) is 13.0 Å². The molecular formula is C21H23NO5. The van der Waals surface area contributed by atoms with Gasteiger partial charge in [0.15, 0.2) is 0 Å². The second-order valence-corrected chi connectivity index (χ2v) is 7.15. The van der Waals surface area contributed by atoms with Gasteiger partial charge in [0.2, 0.25) is 0 Å². The van der Waals surface area contributed by atoms with Crippen LogP contribution in [0.4, 0.5) is 0 Å². The summed E-state index contributed by atoms with van der Waals surface area (Å²) in [7, 11) is 0. The van der Waals surface area contributed by atoms with Crippen molar-refractivity contribution < 1.29 is 24.9 Å². The predicted octanol–water partition coefficient (Wildman–Crippen LogP) is 2.22. The van der Waals surface area contributed by atoms with Crippen LogP contribution >= 0.6 is 0 Å². The molecule has 0 aliphatic carbocycles. The fraction of sp³-hybridized carbons (Fsp3) is 0.333. The van der Waals surface area contributed by atoms with E-state index in [1.807, 2.05) is 30.3 Å². The second kappa shape index (κ2) is 7.40. The number of phenolic OH excluding ortho intramolecular Hbond substituents is 1. The molecule has 0 spiro atoms. The summed E-state index contributed by atoms with van der Waals surface area (Å²) in [5, 5.41) is 30.2. The lowest BCUT2D eigenvalue weighted by molar-refractivity contribution is -0.161. The molecule has 1 amide bonds. The summed E-state index contributed by atoms with van der Waals surface area (Å²) in [6, 6.07) is 13.7. The molecule has 0 bridgehead atoms. The topological polar surface area (TPSA) is 98.1 Å². The minimum atomic E-state index is -1.47. The second-order valence-electron chi connectivity index (χ2n) is 7.15. The number of aliphatic hydroxyl groups excluding tert-OH is 1. The number of hydrogen-bond acceptors (Lipinski definition) is 4. The largest absolute Gasteiger partial charge is 0.508 e. The van der Waals surface area contributed by atoms with Gasteiger partial charge in [0.05, 0.1) is 6.10 Å². The van der Waals surface area contributed by atoms with Crippen molar-refractivity contribution in [3.63, 3.8) is 0 Å². The fourth-order valence-corrected chi connectivity index (χ4v) is 3.68. The van der Waals surface area contributed by atoms with Crippen LogP contribution in [-0.2, 0) is 11.2 Å². The molecular weight excluding hydrogens is 346 g/mol. The third-order valence-corrected chi connectivity index (χ3v) is 5.31. The molecule has 1 saturated heterocycles. The summed E-state index contributed by atoms with van der Waals surface area (Å²) in [4.78, 5) is 26.6. The van der Waals surface area contributed by atoms with Crippen molar-refractivity contribution in [3.05, 3.63) is 65.2 Å². The number of benzene rings is 2. The van der Waals surface area contributed by atoms with Crippen molar-refractivity contribution in [2.24, 2.45) is 5.41 Å². The molecule has 2 aromatic carbocycles. The maximum atomic E-state index is 13.0. The Morgan fingerprint density at radius 1 is 1.19 bits per heavy atom. The lowest BCUT2D eigenvalue weighted by Gasteiger charge is -2.43. The molecule has 0 saturated carbocycles. The van der Waals surface area contributed by atoms with Gasteiger partial charge in [-0.1, -0.05) is 36.4 Å². The average Bonchev–Trinajstić information content (AvgIpc) is 2.65. The van der Waals surface area contributed by atoms with E-state index in [-0.39, 0.29) is 37.6 Å². The van der Waals surface area contributed by atoms with E-state index in [2.05, 4.69) is 0 Å². The quantitative estimate of drug-likeness (QED) is 0.768. The smallest absolute Gasteiger partial charge is 0.314 e. The summed E-state index contributed by atoms with van der Waals surface area (Å²) in [5.41, 5.74) is 0.361. The molecule has 2 atom stereocenters. The standard InChI is InChI=1S/C21H23NO5/c1-14-7-8-16(23)11-17(14)19(25)22-10-9-18(24)21(13-22,20(26)27)12-15-5-3-2-4-6-15/h2-8,11,18,23-24H,9-10,12-13H2,1H3,(H,26,27)/t18-,21-/m1/s1. The van der Waals surface area contributed by atoms with Crippen LogP contribution in [0.1, 0.15) is 27.9 Å². The predicted molar refractivity (Wildman–Crippen MR) is 99.6 cm³/mol. The highest BCUT2D eigenvalue weighted by atomic mass is 16.4. The summed E-state index contributed by atoms with van der Waals surface area (Å²) in [6.07, 6.45) is -0.736. The Morgan fingerprint density at radius 2 is 1.89 bits per heavy atom. The van der Waals surface area contributed by atoms with Crippen molar-refractivity contribution in [2.75, 3.05) is 13.1 Å². The van der Waals surface area contributed by atoms with Crippen LogP contribution in [0.25, 0.3) is 0 Å². The number of aliphatic carboxylic acids is 1. The van der Waals surface area contributed by atoms with Gasteiger partial charge in [0.25, 0.3) is 5.91 Å². The Balaban J connectivity index is 1.92. The van der Waals surface area contributed by atoms with Crippen molar-refractivity contribution in [2.45, 2.75) is 25.9 Å². The first-order chi connectivity index (χ1) is 12.8. The number of amides is 1. The van der Waals surface area contributed by atoms with Gasteiger partial charge in [-0.05, 0) is 43.0 Å². The lowest BCUT2D eigenvalue weighted by atomic mass is 9.72. The highest BCUT2D eigenvalue weighted by Crippen LogP contribution is 2.35. The molecule has 6 nitrogen and oxygen atoms in total. The van der Waals surface area contributed by atoms with E-state index in [9.17, 15) is 24.9 Å². The van der Waals surface area contributed by atoms with Crippen LogP contribution < -0.4 is 0 Å². The number of carbonyl (C=O) groups is 2. The molecule has 6 heteroatoms. The molecule has 1 aliphatic heterocycles. The van der Waals surface area contributed by atoms with Gasteiger partial charge in [-0.25, -0.2) is 0 Å². The zero-order chi connectivity index (χ0) is 19.6. The van der Waals surface area contributed by atoms with Gasteiger partial charge in [-0.2, -0.15) is 0 Å². The molecule has 0 unspecified atom stereocenters. The van der Waals surface area contributed by atoms with Crippen LogP contribution in [0, 0.1) is 12.3 Å². The maximum Gasteiger partial charge on any atom is 0.314 e. The van der Waals surface area contributed by atoms with E-state index in [4.69, 9.17) is 0 Å². The van der Waals surface area contributed by atoms with Crippen molar-refractivity contribution >= 4 is 11.9 Å². The number of phenols is 1. The summed E-state index contributed by atoms with van der Waals surface area (Å²) >= 11 is 0. The third kappa shape index (κ3) is 3.66. The number of carboxylic acid groups (broad SMARTS) is 1. The summed E-state index contributed by atoms with van der Waals surface area (Å²) in [5.74, 6) is -1.48. The Morgan fingerprint density at radius 3 is 2.56 bits per heavy atom. The number of carboxylic acids is 1. The number of aliphatic hydroxyl groups is 1. The Hall–Kier alpha value is -2.86. The molecule has 0 radical (unpaired) electrons. The highest BCUT2D eigenvalue weighted by Gasteiger charge is 2.50. The normalized spacial score (nSPS) is 22.4. The molecule has 27 heavy (non-hydrogen) atoms. The maximum absolute atomic E-state index is 13.0. The van der Waals surface area contributed by atoms with E-state index < -0.39 is 17.5 Å². The van der Waals surface area contributed by atoms with E-state index >= 15 is 0 Å². The molecule has 3 rings (SSSR count). The van der Waals surface area contributed by atoms with Crippen LogP contribution in [0.2, 0.25) is 0 Å². The van der Waals surface area contributed by atoms with E-state index in [1.165, 1.54) is 17.0 Å². The van der Waals surface area contributed by atoms with Gasteiger partial charge >= 0.3 is 5.97 Å². The zero-order valence-corrected chi connectivity index (χ0v) is 15.1. The Kier molecular flexibility index (Phi) is 5.19. The first-order valence-corrected chi connectivity index (χ1v) is 8.88. The van der Waals surface area contributed by atoms with Crippen molar-refractivity contribution in [1.82, 2.24) is 4.90 Å². The number of aryl methyl sites for hydroxylation is 1. The first kappa shape index (κ1) is 18.9. The minimum absolute atomic E-state index is 0.0187. The fourth-order valence-electron chi connectivity index (χ4n) is 3.68. The number of aromatic hydroxyl groups is 1. The Bertz CT molecular complexity index is 851.